The molecule has 0 bridgehead atoms. The first kappa shape index (κ1) is 18.4. The van der Waals surface area contributed by atoms with E-state index in [4.69, 9.17) is 4.74 Å². The number of hydrogen-bond donors (Lipinski definition) is 2. The van der Waals surface area contributed by atoms with Gasteiger partial charge >= 0.3 is 5.97 Å². The summed E-state index contributed by atoms with van der Waals surface area (Å²) in [5, 5.41) is 20.6. The monoisotopic (exact) mass is 301 g/mol. The Labute approximate surface area is 128 Å². The highest BCUT2D eigenvalue weighted by Crippen LogP contribution is 2.33. The summed E-state index contributed by atoms with van der Waals surface area (Å²) in [5.74, 6) is -0.210. The fraction of sp³-hybridized carbons (Fsp3) is 0.938. The number of esters is 1. The minimum atomic E-state index is -0.769. The van der Waals surface area contributed by atoms with Gasteiger partial charge in [0.25, 0.3) is 0 Å². The van der Waals surface area contributed by atoms with Crippen molar-refractivity contribution in [3.05, 3.63) is 0 Å². The van der Waals surface area contributed by atoms with Crippen molar-refractivity contribution in [1.82, 2.24) is 4.90 Å². The smallest absolute Gasteiger partial charge is 0.308 e. The molecule has 0 heterocycles. The Morgan fingerprint density at radius 1 is 1.33 bits per heavy atom. The van der Waals surface area contributed by atoms with Crippen molar-refractivity contribution < 1.29 is 19.7 Å². The molecule has 2 N–H and O–H groups in total. The zero-order valence-electron chi connectivity index (χ0n) is 13.9. The highest BCUT2D eigenvalue weighted by Gasteiger charge is 2.37. The molecule has 0 atom stereocenters. The number of carbonyl (C=O) groups excluding carboxylic acids is 1. The van der Waals surface area contributed by atoms with Crippen LogP contribution in [0.15, 0.2) is 0 Å². The van der Waals surface area contributed by atoms with Crippen LogP contribution in [0.1, 0.15) is 53.4 Å². The molecule has 0 saturated heterocycles. The fourth-order valence-electron chi connectivity index (χ4n) is 3.05. The van der Waals surface area contributed by atoms with Crippen LogP contribution in [0.4, 0.5) is 0 Å². The first-order valence-corrected chi connectivity index (χ1v) is 8.03. The van der Waals surface area contributed by atoms with Crippen molar-refractivity contribution >= 4 is 5.97 Å². The Morgan fingerprint density at radius 3 is 2.33 bits per heavy atom. The molecule has 124 valence electrons. The molecule has 0 aliphatic heterocycles. The maximum atomic E-state index is 11.7. The van der Waals surface area contributed by atoms with E-state index in [1.807, 2.05) is 13.8 Å². The largest absolute Gasteiger partial charge is 0.466 e. The van der Waals surface area contributed by atoms with Crippen LogP contribution in [0.25, 0.3) is 0 Å². The predicted octanol–water partition coefficient (Wildman–Crippen LogP) is 1.56. The average molecular weight is 301 g/mol. The van der Waals surface area contributed by atoms with E-state index in [-0.39, 0.29) is 11.9 Å². The van der Waals surface area contributed by atoms with Gasteiger partial charge in [-0.3, -0.25) is 9.69 Å². The molecule has 5 nitrogen and oxygen atoms in total. The standard InChI is InChI=1S/C16H31NO4/c1-5-17(11-15(3,4)19)12-16(20)9-7-13(8-10-16)14(18)21-6-2/h13,19-20H,5-12H2,1-4H3. The molecule has 1 saturated carbocycles. The van der Waals surface area contributed by atoms with E-state index < -0.39 is 11.2 Å². The molecule has 0 aromatic rings. The van der Waals surface area contributed by atoms with E-state index in [9.17, 15) is 15.0 Å². The molecule has 1 aliphatic carbocycles. The predicted molar refractivity (Wildman–Crippen MR) is 82.0 cm³/mol. The van der Waals surface area contributed by atoms with Crippen molar-refractivity contribution in [2.45, 2.75) is 64.6 Å². The lowest BCUT2D eigenvalue weighted by Gasteiger charge is -2.40. The van der Waals surface area contributed by atoms with E-state index in [1.54, 1.807) is 13.8 Å². The van der Waals surface area contributed by atoms with Gasteiger partial charge < -0.3 is 14.9 Å². The molecule has 1 fully saturated rings. The second kappa shape index (κ2) is 7.56. The Kier molecular flexibility index (Phi) is 6.63. The first-order valence-electron chi connectivity index (χ1n) is 8.03. The summed E-state index contributed by atoms with van der Waals surface area (Å²) in [5.41, 5.74) is -1.53. The van der Waals surface area contributed by atoms with Gasteiger partial charge in [-0.1, -0.05) is 6.92 Å². The molecular weight excluding hydrogens is 270 g/mol. The number of ether oxygens (including phenoxy) is 1. The second-order valence-corrected chi connectivity index (χ2v) is 6.87. The van der Waals surface area contributed by atoms with Crippen LogP contribution < -0.4 is 0 Å². The van der Waals surface area contributed by atoms with Crippen molar-refractivity contribution in [1.29, 1.82) is 0 Å². The highest BCUT2D eigenvalue weighted by molar-refractivity contribution is 5.72. The van der Waals surface area contributed by atoms with E-state index in [0.717, 1.165) is 6.54 Å². The number of rotatable bonds is 7. The van der Waals surface area contributed by atoms with E-state index >= 15 is 0 Å². The van der Waals surface area contributed by atoms with Crippen LogP contribution in [0.2, 0.25) is 0 Å². The number of likely N-dealkylation sites (N-methyl/N-ethyl adjacent to an activating group) is 1. The molecule has 1 rings (SSSR count). The van der Waals surface area contributed by atoms with E-state index in [1.165, 1.54) is 0 Å². The molecule has 1 aliphatic rings. The van der Waals surface area contributed by atoms with Crippen LogP contribution in [0.3, 0.4) is 0 Å². The van der Waals surface area contributed by atoms with Gasteiger partial charge in [0.1, 0.15) is 0 Å². The third kappa shape index (κ3) is 6.32. The van der Waals surface area contributed by atoms with Crippen LogP contribution in [-0.4, -0.2) is 58.5 Å². The van der Waals surface area contributed by atoms with Gasteiger partial charge in [0.05, 0.1) is 23.7 Å². The minimum Gasteiger partial charge on any atom is -0.466 e. The Morgan fingerprint density at radius 2 is 1.90 bits per heavy atom. The maximum absolute atomic E-state index is 11.7. The minimum absolute atomic E-state index is 0.0745. The first-order chi connectivity index (χ1) is 9.69. The van der Waals surface area contributed by atoms with Gasteiger partial charge in [0.15, 0.2) is 0 Å². The fourth-order valence-corrected chi connectivity index (χ4v) is 3.05. The molecule has 0 aromatic carbocycles. The molecule has 0 radical (unpaired) electrons. The Hall–Kier alpha value is -0.650. The molecule has 0 unspecified atom stereocenters. The summed E-state index contributed by atoms with van der Waals surface area (Å²) in [7, 11) is 0. The molecular formula is C16H31NO4. The van der Waals surface area contributed by atoms with Gasteiger partial charge in [-0.25, -0.2) is 0 Å². The van der Waals surface area contributed by atoms with Crippen LogP contribution in [0, 0.1) is 5.92 Å². The zero-order valence-corrected chi connectivity index (χ0v) is 13.9. The Balaban J connectivity index is 2.51. The molecule has 0 amide bonds. The number of carbonyl (C=O) groups is 1. The third-order valence-electron chi connectivity index (χ3n) is 4.11. The van der Waals surface area contributed by atoms with Gasteiger partial charge in [0.2, 0.25) is 0 Å². The van der Waals surface area contributed by atoms with E-state index in [2.05, 4.69) is 4.90 Å². The summed E-state index contributed by atoms with van der Waals surface area (Å²) in [6.45, 7) is 9.67. The molecule has 0 spiro atoms. The molecule has 0 aromatic heterocycles. The normalized spacial score (nSPS) is 26.9. The second-order valence-electron chi connectivity index (χ2n) is 6.87. The number of hydrogen-bond acceptors (Lipinski definition) is 5. The van der Waals surface area contributed by atoms with Crippen LogP contribution >= 0.6 is 0 Å². The molecule has 21 heavy (non-hydrogen) atoms. The lowest BCUT2D eigenvalue weighted by atomic mass is 9.78. The number of nitrogens with zero attached hydrogens (tertiary/aromatic N) is 1. The lowest BCUT2D eigenvalue weighted by molar-refractivity contribution is -0.151. The van der Waals surface area contributed by atoms with Gasteiger partial charge in [-0.05, 0) is 53.0 Å². The van der Waals surface area contributed by atoms with Gasteiger partial charge in [-0.2, -0.15) is 0 Å². The summed E-state index contributed by atoms with van der Waals surface area (Å²) in [6.07, 6.45) is 2.57. The van der Waals surface area contributed by atoms with Crippen LogP contribution in [0.5, 0.6) is 0 Å². The quantitative estimate of drug-likeness (QED) is 0.698. The van der Waals surface area contributed by atoms with Gasteiger partial charge in [0, 0.05) is 13.1 Å². The maximum Gasteiger partial charge on any atom is 0.308 e. The van der Waals surface area contributed by atoms with Crippen molar-refractivity contribution in [2.75, 3.05) is 26.2 Å². The number of aliphatic hydroxyl groups is 2. The third-order valence-corrected chi connectivity index (χ3v) is 4.11. The SMILES string of the molecule is CCOC(=O)C1CCC(O)(CN(CC)CC(C)(C)O)CC1. The molecule has 5 heteroatoms. The summed E-state index contributed by atoms with van der Waals surface area (Å²) in [4.78, 5) is 13.8. The summed E-state index contributed by atoms with van der Waals surface area (Å²) >= 11 is 0. The van der Waals surface area contributed by atoms with Crippen LogP contribution in [-0.2, 0) is 9.53 Å². The Bertz CT molecular complexity index is 330. The highest BCUT2D eigenvalue weighted by atomic mass is 16.5. The van der Waals surface area contributed by atoms with Crippen molar-refractivity contribution in [3.8, 4) is 0 Å². The van der Waals surface area contributed by atoms with Crippen molar-refractivity contribution in [2.24, 2.45) is 5.92 Å². The summed E-state index contributed by atoms with van der Waals surface area (Å²) < 4.78 is 5.05. The zero-order chi connectivity index (χ0) is 16.1. The van der Waals surface area contributed by atoms with Gasteiger partial charge in [-0.15, -0.1) is 0 Å². The van der Waals surface area contributed by atoms with E-state index in [0.29, 0.717) is 45.4 Å². The summed E-state index contributed by atoms with van der Waals surface area (Å²) in [6, 6.07) is 0. The topological polar surface area (TPSA) is 70.0 Å². The lowest BCUT2D eigenvalue weighted by Crippen LogP contribution is -2.49. The van der Waals surface area contributed by atoms with Crippen molar-refractivity contribution in [3.63, 3.8) is 0 Å². The average Bonchev–Trinajstić information content (AvgIpc) is 2.37.